The van der Waals surface area contributed by atoms with Crippen molar-refractivity contribution in [2.75, 3.05) is 18.9 Å². The molecule has 0 aliphatic carbocycles. The van der Waals surface area contributed by atoms with E-state index in [4.69, 9.17) is 9.29 Å². The summed E-state index contributed by atoms with van der Waals surface area (Å²) in [7, 11) is -3.92. The molecule has 0 radical (unpaired) electrons. The van der Waals surface area contributed by atoms with Crippen molar-refractivity contribution >= 4 is 16.1 Å². The van der Waals surface area contributed by atoms with E-state index in [0.717, 1.165) is 0 Å². The molecule has 6 nitrogen and oxygen atoms in total. The van der Waals surface area contributed by atoms with Crippen molar-refractivity contribution in [2.45, 2.75) is 32.7 Å². The van der Waals surface area contributed by atoms with E-state index in [0.29, 0.717) is 19.6 Å². The van der Waals surface area contributed by atoms with Crippen LogP contribution < -0.4 is 5.32 Å². The fourth-order valence-electron chi connectivity index (χ4n) is 1.17. The van der Waals surface area contributed by atoms with Crippen molar-refractivity contribution < 1.29 is 22.5 Å². The first kappa shape index (κ1) is 15.3. The largest absolute Gasteiger partial charge is 0.465 e. The van der Waals surface area contributed by atoms with Crippen LogP contribution in [0.15, 0.2) is 0 Å². The smallest absolute Gasteiger partial charge is 0.323 e. The molecular weight excluding hydrogens is 234 g/mol. The quantitative estimate of drug-likeness (QED) is 0.364. The SMILES string of the molecule is CCOC(=O)[C@H](CC)NCCCS(=O)(=O)O. The van der Waals surface area contributed by atoms with Crippen LogP contribution in [0.4, 0.5) is 0 Å². The first-order chi connectivity index (χ1) is 7.40. The highest BCUT2D eigenvalue weighted by atomic mass is 32.2. The van der Waals surface area contributed by atoms with Crippen molar-refractivity contribution in [2.24, 2.45) is 0 Å². The molecule has 0 spiro atoms. The molecule has 1 atom stereocenters. The third-order valence-electron chi connectivity index (χ3n) is 1.95. The molecule has 0 aliphatic heterocycles. The summed E-state index contributed by atoms with van der Waals surface area (Å²) >= 11 is 0. The van der Waals surface area contributed by atoms with Gasteiger partial charge >= 0.3 is 5.97 Å². The standard InChI is InChI=1S/C9H19NO5S/c1-3-8(9(11)15-4-2)10-6-5-7-16(12,13)14/h8,10H,3-7H2,1-2H3,(H,12,13,14)/t8-/m0/s1. The Morgan fingerprint density at radius 3 is 2.50 bits per heavy atom. The molecule has 0 aliphatic rings. The molecule has 0 aromatic heterocycles. The lowest BCUT2D eigenvalue weighted by molar-refractivity contribution is -0.145. The van der Waals surface area contributed by atoms with E-state index in [2.05, 4.69) is 5.32 Å². The van der Waals surface area contributed by atoms with Gasteiger partial charge in [-0.3, -0.25) is 9.35 Å². The Hall–Kier alpha value is -0.660. The van der Waals surface area contributed by atoms with Gasteiger partial charge in [-0.05, 0) is 26.3 Å². The minimum Gasteiger partial charge on any atom is -0.465 e. The van der Waals surface area contributed by atoms with Crippen LogP contribution in [-0.2, 0) is 19.6 Å². The summed E-state index contributed by atoms with van der Waals surface area (Å²) in [6.07, 6.45) is 0.833. The number of ether oxygens (including phenoxy) is 1. The Morgan fingerprint density at radius 2 is 2.06 bits per heavy atom. The van der Waals surface area contributed by atoms with Crippen LogP contribution in [0.5, 0.6) is 0 Å². The molecule has 7 heteroatoms. The number of carbonyl (C=O) groups excluding carboxylic acids is 1. The first-order valence-corrected chi connectivity index (χ1v) is 6.86. The summed E-state index contributed by atoms with van der Waals surface area (Å²) in [6.45, 7) is 4.22. The van der Waals surface area contributed by atoms with Crippen molar-refractivity contribution in [3.05, 3.63) is 0 Å². The lowest BCUT2D eigenvalue weighted by atomic mass is 10.2. The minimum atomic E-state index is -3.92. The fraction of sp³-hybridized carbons (Fsp3) is 0.889. The number of rotatable bonds is 8. The van der Waals surface area contributed by atoms with Gasteiger partial charge in [-0.2, -0.15) is 8.42 Å². The van der Waals surface area contributed by atoms with Crippen LogP contribution in [-0.4, -0.2) is 43.9 Å². The average Bonchev–Trinajstić information content (AvgIpc) is 2.16. The second-order valence-corrected chi connectivity index (χ2v) is 4.88. The molecule has 0 saturated heterocycles. The maximum absolute atomic E-state index is 11.3. The molecule has 96 valence electrons. The van der Waals surface area contributed by atoms with Crippen molar-refractivity contribution in [1.82, 2.24) is 5.32 Å². The molecule has 0 bridgehead atoms. The van der Waals surface area contributed by atoms with Gasteiger partial charge in [0.05, 0.1) is 12.4 Å². The van der Waals surface area contributed by atoms with Gasteiger partial charge in [0.15, 0.2) is 0 Å². The lowest BCUT2D eigenvalue weighted by Gasteiger charge is -2.14. The van der Waals surface area contributed by atoms with Crippen LogP contribution in [0.2, 0.25) is 0 Å². The van der Waals surface area contributed by atoms with Gasteiger partial charge in [-0.15, -0.1) is 0 Å². The number of carbonyl (C=O) groups is 1. The zero-order valence-electron chi connectivity index (χ0n) is 9.60. The summed E-state index contributed by atoms with van der Waals surface area (Å²) < 4.78 is 34.1. The number of esters is 1. The van der Waals surface area contributed by atoms with E-state index in [9.17, 15) is 13.2 Å². The molecule has 0 aromatic carbocycles. The lowest BCUT2D eigenvalue weighted by Crippen LogP contribution is -2.38. The molecule has 0 rings (SSSR count). The van der Waals surface area contributed by atoms with Gasteiger partial charge in [-0.25, -0.2) is 0 Å². The Kier molecular flexibility index (Phi) is 7.27. The Bertz CT molecular complexity index is 301. The van der Waals surface area contributed by atoms with Crippen molar-refractivity contribution in [3.63, 3.8) is 0 Å². The van der Waals surface area contributed by atoms with Crippen LogP contribution >= 0.6 is 0 Å². The first-order valence-electron chi connectivity index (χ1n) is 5.25. The van der Waals surface area contributed by atoms with Gasteiger partial charge in [0.25, 0.3) is 10.1 Å². The second-order valence-electron chi connectivity index (χ2n) is 3.31. The van der Waals surface area contributed by atoms with Crippen LogP contribution in [0.3, 0.4) is 0 Å². The number of nitrogens with one attached hydrogen (secondary N) is 1. The maximum Gasteiger partial charge on any atom is 0.323 e. The molecule has 2 N–H and O–H groups in total. The van der Waals surface area contributed by atoms with Gasteiger partial charge in [0.2, 0.25) is 0 Å². The summed E-state index contributed by atoms with van der Waals surface area (Å²) in [6, 6.07) is -0.415. The second kappa shape index (κ2) is 7.59. The Balaban J connectivity index is 3.84. The molecule has 0 unspecified atom stereocenters. The highest BCUT2D eigenvalue weighted by molar-refractivity contribution is 7.85. The van der Waals surface area contributed by atoms with E-state index in [-0.39, 0.29) is 18.1 Å². The summed E-state index contributed by atoms with van der Waals surface area (Å²) in [4.78, 5) is 11.3. The van der Waals surface area contributed by atoms with Gasteiger partial charge in [0.1, 0.15) is 6.04 Å². The Morgan fingerprint density at radius 1 is 1.44 bits per heavy atom. The molecule has 16 heavy (non-hydrogen) atoms. The highest BCUT2D eigenvalue weighted by Crippen LogP contribution is 1.96. The van der Waals surface area contributed by atoms with Crippen LogP contribution in [0.25, 0.3) is 0 Å². The fourth-order valence-corrected chi connectivity index (χ4v) is 1.68. The molecule has 0 amide bonds. The zero-order valence-corrected chi connectivity index (χ0v) is 10.4. The zero-order chi connectivity index (χ0) is 12.6. The summed E-state index contributed by atoms with van der Waals surface area (Å²) in [5.41, 5.74) is 0. The Labute approximate surface area is 96.1 Å². The average molecular weight is 253 g/mol. The van der Waals surface area contributed by atoms with Gasteiger partial charge in [-0.1, -0.05) is 6.92 Å². The van der Waals surface area contributed by atoms with Crippen molar-refractivity contribution in [3.8, 4) is 0 Å². The third-order valence-corrected chi connectivity index (χ3v) is 2.75. The molecule has 0 fully saturated rings. The normalized spacial score (nSPS) is 13.4. The van der Waals surface area contributed by atoms with Crippen LogP contribution in [0, 0.1) is 0 Å². The minimum absolute atomic E-state index is 0.259. The molecular formula is C9H19NO5S. The van der Waals surface area contributed by atoms with Gasteiger partial charge < -0.3 is 10.1 Å². The van der Waals surface area contributed by atoms with E-state index in [1.165, 1.54) is 0 Å². The summed E-state index contributed by atoms with van der Waals surface area (Å²) in [5, 5.41) is 2.88. The van der Waals surface area contributed by atoms with E-state index in [1.54, 1.807) is 6.92 Å². The summed E-state index contributed by atoms with van der Waals surface area (Å²) in [5.74, 6) is -0.643. The van der Waals surface area contributed by atoms with E-state index in [1.807, 2.05) is 6.92 Å². The third kappa shape index (κ3) is 7.61. The van der Waals surface area contributed by atoms with E-state index >= 15 is 0 Å². The molecule has 0 saturated carbocycles. The van der Waals surface area contributed by atoms with Crippen molar-refractivity contribution in [1.29, 1.82) is 0 Å². The predicted molar refractivity (Wildman–Crippen MR) is 59.7 cm³/mol. The van der Waals surface area contributed by atoms with Gasteiger partial charge in [0, 0.05) is 0 Å². The number of hydrogen-bond acceptors (Lipinski definition) is 5. The van der Waals surface area contributed by atoms with Crippen LogP contribution in [0.1, 0.15) is 26.7 Å². The topological polar surface area (TPSA) is 92.7 Å². The maximum atomic E-state index is 11.3. The monoisotopic (exact) mass is 253 g/mol. The molecule has 0 heterocycles. The van der Waals surface area contributed by atoms with E-state index < -0.39 is 16.2 Å². The predicted octanol–water partition coefficient (Wildman–Crippen LogP) is 0.196. The highest BCUT2D eigenvalue weighted by Gasteiger charge is 2.16. The number of hydrogen-bond donors (Lipinski definition) is 2. The molecule has 0 aromatic rings.